The molecule has 0 saturated heterocycles. The molecule has 1 amide bonds. The van der Waals surface area contributed by atoms with Crippen molar-refractivity contribution < 1.29 is 19.0 Å². The average Bonchev–Trinajstić information content (AvgIpc) is 2.52. The molecule has 6 heteroatoms. The zero-order valence-corrected chi connectivity index (χ0v) is 13.1. The van der Waals surface area contributed by atoms with Gasteiger partial charge in [0.15, 0.2) is 11.5 Å². The number of methoxy groups -OCH3 is 3. The van der Waals surface area contributed by atoms with Crippen molar-refractivity contribution in [2.24, 2.45) is 0 Å². The summed E-state index contributed by atoms with van der Waals surface area (Å²) in [6.07, 6.45) is 0.448. The maximum absolute atomic E-state index is 11.7. The monoisotopic (exact) mass is 296 g/mol. The summed E-state index contributed by atoms with van der Waals surface area (Å²) >= 11 is 0. The molecule has 2 N–H and O–H groups in total. The molecule has 0 radical (unpaired) electrons. The van der Waals surface area contributed by atoms with E-state index in [1.807, 2.05) is 13.0 Å². The summed E-state index contributed by atoms with van der Waals surface area (Å²) < 4.78 is 15.8. The van der Waals surface area contributed by atoms with Gasteiger partial charge < -0.3 is 24.8 Å². The molecule has 118 valence electrons. The molecular formula is C15H24N2O4. The van der Waals surface area contributed by atoms with E-state index in [9.17, 15) is 4.79 Å². The second kappa shape index (κ2) is 9.07. The van der Waals surface area contributed by atoms with Crippen LogP contribution in [0.1, 0.15) is 18.9 Å². The summed E-state index contributed by atoms with van der Waals surface area (Å²) in [5.41, 5.74) is 0.840. The fraction of sp³-hybridized carbons (Fsp3) is 0.533. The average molecular weight is 296 g/mol. The van der Waals surface area contributed by atoms with Crippen LogP contribution < -0.4 is 24.8 Å². The Bertz CT molecular complexity index is 463. The lowest BCUT2D eigenvalue weighted by Crippen LogP contribution is -2.27. The van der Waals surface area contributed by atoms with Gasteiger partial charge in [0.05, 0.1) is 21.3 Å². The van der Waals surface area contributed by atoms with Crippen LogP contribution in [0.5, 0.6) is 17.2 Å². The predicted octanol–water partition coefficient (Wildman–Crippen LogP) is 1.33. The highest BCUT2D eigenvalue weighted by Gasteiger charge is 2.12. The third-order valence-corrected chi connectivity index (χ3v) is 3.04. The first-order valence-corrected chi connectivity index (χ1v) is 6.92. The maximum Gasteiger partial charge on any atom is 0.221 e. The normalized spacial score (nSPS) is 10.1. The molecule has 0 unspecified atom stereocenters. The minimum absolute atomic E-state index is 0.00668. The quantitative estimate of drug-likeness (QED) is 0.673. The second-order valence-electron chi connectivity index (χ2n) is 4.40. The van der Waals surface area contributed by atoms with Crippen molar-refractivity contribution in [2.45, 2.75) is 19.9 Å². The van der Waals surface area contributed by atoms with Gasteiger partial charge in [0.1, 0.15) is 5.75 Å². The Morgan fingerprint density at radius 1 is 1.05 bits per heavy atom. The number of benzene rings is 1. The van der Waals surface area contributed by atoms with Crippen LogP contribution in [-0.4, -0.2) is 40.3 Å². The molecule has 0 aliphatic rings. The Balaban J connectivity index is 2.71. The van der Waals surface area contributed by atoms with E-state index in [2.05, 4.69) is 10.6 Å². The lowest BCUT2D eigenvalue weighted by atomic mass is 10.1. The summed E-state index contributed by atoms with van der Waals surface area (Å²) in [5.74, 6) is 1.85. The molecule has 1 aromatic rings. The van der Waals surface area contributed by atoms with Crippen LogP contribution in [-0.2, 0) is 11.3 Å². The summed E-state index contributed by atoms with van der Waals surface area (Å²) in [6.45, 7) is 3.92. The number of rotatable bonds is 9. The summed E-state index contributed by atoms with van der Waals surface area (Å²) in [5, 5.41) is 5.98. The minimum Gasteiger partial charge on any atom is -0.496 e. The summed E-state index contributed by atoms with van der Waals surface area (Å²) in [6, 6.07) is 3.56. The number of ether oxygens (including phenoxy) is 3. The van der Waals surface area contributed by atoms with E-state index in [4.69, 9.17) is 14.2 Å². The van der Waals surface area contributed by atoms with Crippen LogP contribution in [0.4, 0.5) is 0 Å². The van der Waals surface area contributed by atoms with Gasteiger partial charge in [-0.25, -0.2) is 0 Å². The first-order chi connectivity index (χ1) is 10.2. The molecular weight excluding hydrogens is 272 g/mol. The Labute approximate surface area is 125 Å². The molecule has 0 heterocycles. The standard InChI is InChI=1S/C15H24N2O4/c1-5-16-7-6-15(18)17-10-11-8-13(20-3)14(21-4)9-12(11)19-2/h8-9,16H,5-7,10H2,1-4H3,(H,17,18). The number of hydrogen-bond acceptors (Lipinski definition) is 5. The Morgan fingerprint density at radius 2 is 1.67 bits per heavy atom. The van der Waals surface area contributed by atoms with Gasteiger partial charge in [-0.1, -0.05) is 6.92 Å². The Morgan fingerprint density at radius 3 is 2.24 bits per heavy atom. The molecule has 0 aliphatic carbocycles. The van der Waals surface area contributed by atoms with Crippen LogP contribution in [0, 0.1) is 0 Å². The first-order valence-electron chi connectivity index (χ1n) is 6.92. The van der Waals surface area contributed by atoms with E-state index in [1.165, 1.54) is 0 Å². The SMILES string of the molecule is CCNCCC(=O)NCc1cc(OC)c(OC)cc1OC. The van der Waals surface area contributed by atoms with Gasteiger partial charge >= 0.3 is 0 Å². The molecule has 0 saturated carbocycles. The molecule has 0 bridgehead atoms. The number of hydrogen-bond donors (Lipinski definition) is 2. The number of amides is 1. The van der Waals surface area contributed by atoms with Crippen molar-refractivity contribution in [1.82, 2.24) is 10.6 Å². The van der Waals surface area contributed by atoms with Gasteiger partial charge in [0.25, 0.3) is 0 Å². The van der Waals surface area contributed by atoms with Crippen molar-refractivity contribution in [1.29, 1.82) is 0 Å². The lowest BCUT2D eigenvalue weighted by Gasteiger charge is -2.14. The highest BCUT2D eigenvalue weighted by Crippen LogP contribution is 2.34. The zero-order chi connectivity index (χ0) is 15.7. The van der Waals surface area contributed by atoms with Gasteiger partial charge in [0, 0.05) is 31.1 Å². The molecule has 0 atom stereocenters. The highest BCUT2D eigenvalue weighted by molar-refractivity contribution is 5.76. The Kier molecular flexibility index (Phi) is 7.39. The molecule has 1 aromatic carbocycles. The van der Waals surface area contributed by atoms with Gasteiger partial charge in [-0.3, -0.25) is 4.79 Å². The molecule has 0 spiro atoms. The predicted molar refractivity (Wildman–Crippen MR) is 81.1 cm³/mol. The number of nitrogens with one attached hydrogen (secondary N) is 2. The zero-order valence-electron chi connectivity index (χ0n) is 13.1. The third-order valence-electron chi connectivity index (χ3n) is 3.04. The first kappa shape index (κ1) is 17.1. The topological polar surface area (TPSA) is 68.8 Å². The number of carbonyl (C=O) groups is 1. The van der Waals surface area contributed by atoms with E-state index in [1.54, 1.807) is 27.4 Å². The summed E-state index contributed by atoms with van der Waals surface area (Å²) in [4.78, 5) is 11.7. The van der Waals surface area contributed by atoms with Gasteiger partial charge in [-0.15, -0.1) is 0 Å². The van der Waals surface area contributed by atoms with Crippen molar-refractivity contribution >= 4 is 5.91 Å². The van der Waals surface area contributed by atoms with Crippen LogP contribution in [0.2, 0.25) is 0 Å². The van der Waals surface area contributed by atoms with Crippen molar-refractivity contribution in [2.75, 3.05) is 34.4 Å². The van der Waals surface area contributed by atoms with Crippen LogP contribution >= 0.6 is 0 Å². The van der Waals surface area contributed by atoms with E-state index >= 15 is 0 Å². The largest absolute Gasteiger partial charge is 0.496 e. The fourth-order valence-electron chi connectivity index (χ4n) is 1.89. The molecule has 0 aliphatic heterocycles. The van der Waals surface area contributed by atoms with Crippen LogP contribution in [0.15, 0.2) is 12.1 Å². The van der Waals surface area contributed by atoms with Crippen LogP contribution in [0.3, 0.4) is 0 Å². The van der Waals surface area contributed by atoms with Crippen molar-refractivity contribution in [3.8, 4) is 17.2 Å². The fourth-order valence-corrected chi connectivity index (χ4v) is 1.89. The third kappa shape index (κ3) is 5.15. The summed E-state index contributed by atoms with van der Waals surface area (Å²) in [7, 11) is 4.72. The number of carbonyl (C=O) groups excluding carboxylic acids is 1. The van der Waals surface area contributed by atoms with Crippen molar-refractivity contribution in [3.05, 3.63) is 17.7 Å². The highest BCUT2D eigenvalue weighted by atomic mass is 16.5. The van der Waals surface area contributed by atoms with E-state index in [0.29, 0.717) is 36.8 Å². The Hall–Kier alpha value is -1.95. The van der Waals surface area contributed by atoms with Crippen LogP contribution in [0.25, 0.3) is 0 Å². The van der Waals surface area contributed by atoms with E-state index in [-0.39, 0.29) is 5.91 Å². The van der Waals surface area contributed by atoms with Gasteiger partial charge in [-0.05, 0) is 12.6 Å². The second-order valence-corrected chi connectivity index (χ2v) is 4.40. The van der Waals surface area contributed by atoms with Gasteiger partial charge in [0.2, 0.25) is 5.91 Å². The van der Waals surface area contributed by atoms with Crippen molar-refractivity contribution in [3.63, 3.8) is 0 Å². The molecule has 0 fully saturated rings. The lowest BCUT2D eigenvalue weighted by molar-refractivity contribution is -0.121. The maximum atomic E-state index is 11.7. The minimum atomic E-state index is -0.00668. The van der Waals surface area contributed by atoms with E-state index in [0.717, 1.165) is 12.1 Å². The van der Waals surface area contributed by atoms with Gasteiger partial charge in [-0.2, -0.15) is 0 Å². The smallest absolute Gasteiger partial charge is 0.221 e. The molecule has 6 nitrogen and oxygen atoms in total. The molecule has 0 aromatic heterocycles. The molecule has 1 rings (SSSR count). The van der Waals surface area contributed by atoms with E-state index < -0.39 is 0 Å². The molecule has 21 heavy (non-hydrogen) atoms.